The summed E-state index contributed by atoms with van der Waals surface area (Å²) in [5.74, 6) is 0. The van der Waals surface area contributed by atoms with Crippen molar-refractivity contribution in [1.82, 2.24) is 4.90 Å². The Labute approximate surface area is 98.2 Å². The van der Waals surface area contributed by atoms with Crippen LogP contribution in [0.3, 0.4) is 0 Å². The first kappa shape index (κ1) is 13.2. The molecule has 0 aliphatic rings. The first-order valence-corrected chi connectivity index (χ1v) is 5.80. The van der Waals surface area contributed by atoms with Gasteiger partial charge in [0.25, 0.3) is 0 Å². The van der Waals surface area contributed by atoms with Gasteiger partial charge >= 0.3 is 0 Å². The van der Waals surface area contributed by atoms with Gasteiger partial charge in [-0.2, -0.15) is 0 Å². The van der Waals surface area contributed by atoms with Crippen LogP contribution in [0.5, 0.6) is 0 Å². The highest BCUT2D eigenvalue weighted by Gasteiger charge is 2.00. The molecule has 0 aromatic heterocycles. The lowest BCUT2D eigenvalue weighted by Gasteiger charge is -2.16. The molecule has 0 atom stereocenters. The zero-order valence-electron chi connectivity index (χ0n) is 10.3. The van der Waals surface area contributed by atoms with E-state index in [9.17, 15) is 0 Å². The third kappa shape index (κ3) is 4.75. The number of nitrogens with two attached hydrogens (primary N) is 1. The quantitative estimate of drug-likeness (QED) is 0.712. The van der Waals surface area contributed by atoms with Crippen LogP contribution in [-0.4, -0.2) is 31.7 Å². The highest BCUT2D eigenvalue weighted by atomic mass is 16.5. The maximum absolute atomic E-state index is 5.56. The van der Waals surface area contributed by atoms with Crippen molar-refractivity contribution < 1.29 is 4.74 Å². The van der Waals surface area contributed by atoms with Gasteiger partial charge in [-0.15, -0.1) is 0 Å². The zero-order valence-corrected chi connectivity index (χ0v) is 10.3. The second-order valence-corrected chi connectivity index (χ2v) is 3.96. The standard InChI is InChI=1S/C13H22N2O/c1-3-16-9-8-15(2)11-13-6-4-12(10-14)5-7-13/h4-7H,3,8-11,14H2,1-2H3. The Morgan fingerprint density at radius 3 is 2.38 bits per heavy atom. The van der Waals surface area contributed by atoms with Gasteiger partial charge in [-0.3, -0.25) is 4.90 Å². The minimum atomic E-state index is 0.612. The molecule has 0 unspecified atom stereocenters. The van der Waals surface area contributed by atoms with Crippen LogP contribution in [0.4, 0.5) is 0 Å². The Kier molecular flexibility index (Phi) is 6.08. The molecule has 0 spiro atoms. The van der Waals surface area contributed by atoms with E-state index >= 15 is 0 Å². The van der Waals surface area contributed by atoms with Crippen LogP contribution in [0.1, 0.15) is 18.1 Å². The van der Waals surface area contributed by atoms with E-state index < -0.39 is 0 Å². The molecule has 3 nitrogen and oxygen atoms in total. The minimum Gasteiger partial charge on any atom is -0.380 e. The Morgan fingerprint density at radius 2 is 1.81 bits per heavy atom. The van der Waals surface area contributed by atoms with Gasteiger partial charge in [0.2, 0.25) is 0 Å². The van der Waals surface area contributed by atoms with Crippen molar-refractivity contribution in [1.29, 1.82) is 0 Å². The molecule has 0 saturated heterocycles. The molecule has 16 heavy (non-hydrogen) atoms. The third-order valence-electron chi connectivity index (χ3n) is 2.53. The molecule has 0 aliphatic heterocycles. The van der Waals surface area contributed by atoms with E-state index in [-0.39, 0.29) is 0 Å². The van der Waals surface area contributed by atoms with Crippen molar-refractivity contribution in [3.8, 4) is 0 Å². The van der Waals surface area contributed by atoms with Crippen LogP contribution in [-0.2, 0) is 17.8 Å². The van der Waals surface area contributed by atoms with Crippen molar-refractivity contribution in [2.24, 2.45) is 5.73 Å². The summed E-state index contributed by atoms with van der Waals surface area (Å²) in [5.41, 5.74) is 8.05. The first-order valence-electron chi connectivity index (χ1n) is 5.80. The molecule has 0 radical (unpaired) electrons. The predicted molar refractivity (Wildman–Crippen MR) is 67.2 cm³/mol. The highest BCUT2D eigenvalue weighted by Crippen LogP contribution is 2.06. The topological polar surface area (TPSA) is 38.5 Å². The SMILES string of the molecule is CCOCCN(C)Cc1ccc(CN)cc1. The van der Waals surface area contributed by atoms with Crippen molar-refractivity contribution in [3.05, 3.63) is 35.4 Å². The number of nitrogens with zero attached hydrogens (tertiary/aromatic N) is 1. The Balaban J connectivity index is 2.34. The number of hydrogen-bond donors (Lipinski definition) is 1. The fourth-order valence-corrected chi connectivity index (χ4v) is 1.54. The average Bonchev–Trinajstić information content (AvgIpc) is 2.30. The summed E-state index contributed by atoms with van der Waals surface area (Å²) < 4.78 is 5.32. The number of likely N-dealkylation sites (N-methyl/N-ethyl adjacent to an activating group) is 1. The van der Waals surface area contributed by atoms with Gasteiger partial charge in [-0.1, -0.05) is 24.3 Å². The van der Waals surface area contributed by atoms with Crippen LogP contribution in [0, 0.1) is 0 Å². The van der Waals surface area contributed by atoms with E-state index in [2.05, 4.69) is 36.2 Å². The Bertz CT molecular complexity index is 284. The lowest BCUT2D eigenvalue weighted by molar-refractivity contribution is 0.120. The second kappa shape index (κ2) is 7.39. The summed E-state index contributed by atoms with van der Waals surface area (Å²) in [5, 5.41) is 0. The normalized spacial score (nSPS) is 11.0. The van der Waals surface area contributed by atoms with Gasteiger partial charge < -0.3 is 10.5 Å². The number of benzene rings is 1. The van der Waals surface area contributed by atoms with Gasteiger partial charge in [-0.05, 0) is 25.1 Å². The van der Waals surface area contributed by atoms with Crippen LogP contribution < -0.4 is 5.73 Å². The lowest BCUT2D eigenvalue weighted by Crippen LogP contribution is -2.22. The monoisotopic (exact) mass is 222 g/mol. The largest absolute Gasteiger partial charge is 0.380 e. The van der Waals surface area contributed by atoms with E-state index in [1.807, 2.05) is 6.92 Å². The number of hydrogen-bond acceptors (Lipinski definition) is 3. The first-order chi connectivity index (χ1) is 7.76. The molecule has 0 fully saturated rings. The fraction of sp³-hybridized carbons (Fsp3) is 0.538. The summed E-state index contributed by atoms with van der Waals surface area (Å²) in [4.78, 5) is 2.26. The van der Waals surface area contributed by atoms with E-state index in [0.29, 0.717) is 6.54 Å². The number of ether oxygens (including phenoxy) is 1. The highest BCUT2D eigenvalue weighted by molar-refractivity contribution is 5.22. The Morgan fingerprint density at radius 1 is 1.19 bits per heavy atom. The molecule has 3 heteroatoms. The summed E-state index contributed by atoms with van der Waals surface area (Å²) in [6.07, 6.45) is 0. The maximum Gasteiger partial charge on any atom is 0.0593 e. The molecule has 0 bridgehead atoms. The predicted octanol–water partition coefficient (Wildman–Crippen LogP) is 1.61. The summed E-state index contributed by atoms with van der Waals surface area (Å²) >= 11 is 0. The average molecular weight is 222 g/mol. The molecular weight excluding hydrogens is 200 g/mol. The van der Waals surface area contributed by atoms with E-state index in [4.69, 9.17) is 10.5 Å². The van der Waals surface area contributed by atoms with Gasteiger partial charge in [-0.25, -0.2) is 0 Å². The summed E-state index contributed by atoms with van der Waals surface area (Å²) in [6.45, 7) is 6.14. The van der Waals surface area contributed by atoms with Crippen LogP contribution >= 0.6 is 0 Å². The van der Waals surface area contributed by atoms with E-state index in [1.54, 1.807) is 0 Å². The Hall–Kier alpha value is -0.900. The van der Waals surface area contributed by atoms with Gasteiger partial charge in [0.05, 0.1) is 6.61 Å². The molecule has 0 amide bonds. The van der Waals surface area contributed by atoms with Gasteiger partial charge in [0.15, 0.2) is 0 Å². The van der Waals surface area contributed by atoms with E-state index in [1.165, 1.54) is 11.1 Å². The van der Waals surface area contributed by atoms with Crippen LogP contribution in [0.2, 0.25) is 0 Å². The summed E-state index contributed by atoms with van der Waals surface area (Å²) in [7, 11) is 2.11. The molecule has 1 rings (SSSR count). The van der Waals surface area contributed by atoms with Crippen LogP contribution in [0.15, 0.2) is 24.3 Å². The zero-order chi connectivity index (χ0) is 11.8. The molecule has 0 aliphatic carbocycles. The van der Waals surface area contributed by atoms with Gasteiger partial charge in [0.1, 0.15) is 0 Å². The van der Waals surface area contributed by atoms with Crippen molar-refractivity contribution in [3.63, 3.8) is 0 Å². The molecule has 0 saturated carbocycles. The smallest absolute Gasteiger partial charge is 0.0593 e. The van der Waals surface area contributed by atoms with Gasteiger partial charge in [0, 0.05) is 26.2 Å². The van der Waals surface area contributed by atoms with Crippen LogP contribution in [0.25, 0.3) is 0 Å². The maximum atomic E-state index is 5.56. The third-order valence-corrected chi connectivity index (χ3v) is 2.53. The van der Waals surface area contributed by atoms with Crippen molar-refractivity contribution in [2.45, 2.75) is 20.0 Å². The molecule has 0 heterocycles. The molecular formula is C13H22N2O. The minimum absolute atomic E-state index is 0.612. The van der Waals surface area contributed by atoms with Crippen molar-refractivity contribution >= 4 is 0 Å². The summed E-state index contributed by atoms with van der Waals surface area (Å²) in [6, 6.07) is 8.45. The second-order valence-electron chi connectivity index (χ2n) is 3.96. The lowest BCUT2D eigenvalue weighted by atomic mass is 10.1. The number of rotatable bonds is 7. The fourth-order valence-electron chi connectivity index (χ4n) is 1.54. The van der Waals surface area contributed by atoms with E-state index in [0.717, 1.165) is 26.3 Å². The molecule has 1 aromatic rings. The molecule has 1 aromatic carbocycles. The molecule has 2 N–H and O–H groups in total. The molecule has 90 valence electrons. The van der Waals surface area contributed by atoms with Crippen molar-refractivity contribution in [2.75, 3.05) is 26.8 Å².